The minimum absolute atomic E-state index is 0.0747. The van der Waals surface area contributed by atoms with Gasteiger partial charge in [-0.05, 0) is 19.1 Å². The number of hydrogen-bond donors (Lipinski definition) is 1. The van der Waals surface area contributed by atoms with Crippen LogP contribution in [0.4, 0.5) is 0 Å². The van der Waals surface area contributed by atoms with Gasteiger partial charge in [-0.1, -0.05) is 6.07 Å². The van der Waals surface area contributed by atoms with E-state index in [1.165, 1.54) is 5.01 Å². The van der Waals surface area contributed by atoms with E-state index in [1.54, 1.807) is 13.2 Å². The normalized spacial score (nSPS) is 16.8. The summed E-state index contributed by atoms with van der Waals surface area (Å²) in [4.78, 5) is 27.5. The molecule has 0 saturated carbocycles. The lowest BCUT2D eigenvalue weighted by molar-refractivity contribution is -0.130. The third kappa shape index (κ3) is 3.15. The van der Waals surface area contributed by atoms with Gasteiger partial charge >= 0.3 is 0 Å². The quantitative estimate of drug-likeness (QED) is 0.876. The molecule has 1 aromatic heterocycles. The van der Waals surface area contributed by atoms with Crippen LogP contribution in [0.5, 0.6) is 0 Å². The van der Waals surface area contributed by atoms with Gasteiger partial charge in [0.15, 0.2) is 0 Å². The number of aromatic nitrogens is 1. The first-order chi connectivity index (χ1) is 9.08. The van der Waals surface area contributed by atoms with E-state index < -0.39 is 0 Å². The van der Waals surface area contributed by atoms with Crippen molar-refractivity contribution in [2.75, 3.05) is 7.05 Å². The van der Waals surface area contributed by atoms with Crippen LogP contribution < -0.4 is 5.32 Å². The number of nitrogens with zero attached hydrogens (tertiary/aromatic N) is 3. The van der Waals surface area contributed by atoms with Crippen molar-refractivity contribution < 1.29 is 9.59 Å². The summed E-state index contributed by atoms with van der Waals surface area (Å²) in [6, 6.07) is 5.35. The van der Waals surface area contributed by atoms with E-state index in [-0.39, 0.29) is 17.9 Å². The number of amides is 2. The first-order valence-electron chi connectivity index (χ1n) is 6.13. The molecule has 1 atom stereocenters. The highest BCUT2D eigenvalue weighted by Gasteiger charge is 2.23. The van der Waals surface area contributed by atoms with Crippen LogP contribution in [0.15, 0.2) is 29.5 Å². The molecule has 0 saturated heterocycles. The molecule has 0 spiro atoms. The van der Waals surface area contributed by atoms with E-state index in [0.29, 0.717) is 18.6 Å². The second kappa shape index (κ2) is 5.60. The Labute approximate surface area is 111 Å². The minimum atomic E-state index is -0.252. The van der Waals surface area contributed by atoms with Gasteiger partial charge in [-0.2, -0.15) is 5.10 Å². The van der Waals surface area contributed by atoms with E-state index in [1.807, 2.05) is 25.1 Å². The van der Waals surface area contributed by atoms with Crippen molar-refractivity contribution in [2.45, 2.75) is 25.8 Å². The van der Waals surface area contributed by atoms with Gasteiger partial charge in [-0.15, -0.1) is 0 Å². The summed E-state index contributed by atoms with van der Waals surface area (Å²) < 4.78 is 0. The highest BCUT2D eigenvalue weighted by Crippen LogP contribution is 2.11. The van der Waals surface area contributed by atoms with E-state index >= 15 is 0 Å². The van der Waals surface area contributed by atoms with Gasteiger partial charge in [0.05, 0.1) is 11.7 Å². The first kappa shape index (κ1) is 13.2. The van der Waals surface area contributed by atoms with Crippen LogP contribution >= 0.6 is 0 Å². The fraction of sp³-hybridized carbons (Fsp3) is 0.385. The van der Waals surface area contributed by atoms with Gasteiger partial charge in [0, 0.05) is 26.1 Å². The van der Waals surface area contributed by atoms with Crippen LogP contribution in [0.3, 0.4) is 0 Å². The smallest absolute Gasteiger partial charge is 0.268 e. The Bertz CT molecular complexity index is 513. The van der Waals surface area contributed by atoms with Crippen molar-refractivity contribution in [3.05, 3.63) is 30.1 Å². The summed E-state index contributed by atoms with van der Waals surface area (Å²) >= 11 is 0. The predicted octanol–water partition coefficient (Wildman–Crippen LogP) is 0.867. The minimum Gasteiger partial charge on any atom is -0.343 e. The van der Waals surface area contributed by atoms with Crippen molar-refractivity contribution in [1.29, 1.82) is 0 Å². The van der Waals surface area contributed by atoms with Crippen LogP contribution in [0.1, 0.15) is 31.5 Å². The number of hydrazone groups is 1. The Balaban J connectivity index is 2.02. The van der Waals surface area contributed by atoms with E-state index in [0.717, 1.165) is 5.69 Å². The van der Waals surface area contributed by atoms with Gasteiger partial charge in [0.25, 0.3) is 5.91 Å². The molecule has 2 heterocycles. The Morgan fingerprint density at radius 3 is 2.84 bits per heavy atom. The fourth-order valence-corrected chi connectivity index (χ4v) is 1.82. The van der Waals surface area contributed by atoms with Crippen molar-refractivity contribution in [2.24, 2.45) is 5.10 Å². The second-order valence-corrected chi connectivity index (χ2v) is 4.41. The van der Waals surface area contributed by atoms with Gasteiger partial charge in [0.2, 0.25) is 5.91 Å². The Morgan fingerprint density at radius 2 is 2.21 bits per heavy atom. The summed E-state index contributed by atoms with van der Waals surface area (Å²) in [5.41, 5.74) is 1.17. The molecule has 1 aliphatic heterocycles. The zero-order chi connectivity index (χ0) is 13.8. The molecule has 1 aliphatic rings. The molecule has 0 aliphatic carbocycles. The zero-order valence-corrected chi connectivity index (χ0v) is 11.0. The average Bonchev–Trinajstić information content (AvgIpc) is 2.42. The third-order valence-electron chi connectivity index (χ3n) is 2.95. The molecular weight excluding hydrogens is 244 g/mol. The molecule has 2 amide bonds. The van der Waals surface area contributed by atoms with E-state index in [2.05, 4.69) is 15.4 Å². The SMILES string of the molecule is C[C@H](NC(=O)C1=NN(C)C(=O)CC1)c1ccccn1. The number of carbonyl (C=O) groups excluding carboxylic acids is 2. The Morgan fingerprint density at radius 1 is 1.42 bits per heavy atom. The van der Waals surface area contributed by atoms with Gasteiger partial charge in [0.1, 0.15) is 5.71 Å². The maximum atomic E-state index is 12.0. The van der Waals surface area contributed by atoms with Gasteiger partial charge in [-0.3, -0.25) is 14.6 Å². The molecule has 0 bridgehead atoms. The summed E-state index contributed by atoms with van der Waals surface area (Å²) in [5, 5.41) is 8.02. The number of carbonyl (C=O) groups is 2. The van der Waals surface area contributed by atoms with E-state index in [9.17, 15) is 9.59 Å². The van der Waals surface area contributed by atoms with Crippen molar-refractivity contribution >= 4 is 17.5 Å². The Kier molecular flexibility index (Phi) is 3.89. The summed E-state index contributed by atoms with van der Waals surface area (Å²) in [6.07, 6.45) is 2.38. The van der Waals surface area contributed by atoms with Crippen molar-refractivity contribution in [3.63, 3.8) is 0 Å². The molecule has 0 radical (unpaired) electrons. The topological polar surface area (TPSA) is 74.7 Å². The largest absolute Gasteiger partial charge is 0.343 e. The van der Waals surface area contributed by atoms with Crippen LogP contribution in [-0.2, 0) is 9.59 Å². The first-order valence-corrected chi connectivity index (χ1v) is 6.13. The fourth-order valence-electron chi connectivity index (χ4n) is 1.82. The molecule has 100 valence electrons. The molecule has 1 aromatic rings. The van der Waals surface area contributed by atoms with Crippen molar-refractivity contribution in [3.8, 4) is 0 Å². The predicted molar refractivity (Wildman–Crippen MR) is 70.2 cm³/mol. The summed E-state index contributed by atoms with van der Waals surface area (Å²) in [5.74, 6) is -0.327. The average molecular weight is 260 g/mol. The lowest BCUT2D eigenvalue weighted by Gasteiger charge is -2.20. The van der Waals surface area contributed by atoms with Crippen LogP contribution in [0, 0.1) is 0 Å². The maximum Gasteiger partial charge on any atom is 0.268 e. The van der Waals surface area contributed by atoms with Gasteiger partial charge in [-0.25, -0.2) is 5.01 Å². The molecule has 0 unspecified atom stereocenters. The summed E-state index contributed by atoms with van der Waals surface area (Å²) in [6.45, 7) is 1.86. The number of hydrogen-bond acceptors (Lipinski definition) is 4. The van der Waals surface area contributed by atoms with Crippen molar-refractivity contribution in [1.82, 2.24) is 15.3 Å². The number of pyridine rings is 1. The lowest BCUT2D eigenvalue weighted by Crippen LogP contribution is -2.38. The standard InChI is InChI=1S/C13H16N4O2/c1-9(10-5-3-4-8-14-10)15-13(19)11-6-7-12(18)17(2)16-11/h3-5,8-9H,6-7H2,1-2H3,(H,15,19)/t9-/m0/s1. The molecule has 6 nitrogen and oxygen atoms in total. The third-order valence-corrected chi connectivity index (χ3v) is 2.95. The second-order valence-electron chi connectivity index (χ2n) is 4.41. The zero-order valence-electron chi connectivity index (χ0n) is 11.0. The highest BCUT2D eigenvalue weighted by molar-refractivity contribution is 6.39. The van der Waals surface area contributed by atoms with E-state index in [4.69, 9.17) is 0 Å². The van der Waals surface area contributed by atoms with Crippen LogP contribution in [-0.4, -0.2) is 34.6 Å². The molecule has 0 fully saturated rings. The molecule has 2 rings (SSSR count). The van der Waals surface area contributed by atoms with Crippen LogP contribution in [0.2, 0.25) is 0 Å². The highest BCUT2D eigenvalue weighted by atomic mass is 16.2. The van der Waals surface area contributed by atoms with Gasteiger partial charge < -0.3 is 5.32 Å². The molecule has 0 aromatic carbocycles. The molecule has 19 heavy (non-hydrogen) atoms. The Hall–Kier alpha value is -2.24. The van der Waals surface area contributed by atoms with Crippen LogP contribution in [0.25, 0.3) is 0 Å². The molecule has 6 heteroatoms. The maximum absolute atomic E-state index is 12.0. The number of nitrogens with one attached hydrogen (secondary N) is 1. The number of rotatable bonds is 3. The molecular formula is C13H16N4O2. The monoisotopic (exact) mass is 260 g/mol. The lowest BCUT2D eigenvalue weighted by atomic mass is 10.1. The molecule has 1 N–H and O–H groups in total. The summed E-state index contributed by atoms with van der Waals surface area (Å²) in [7, 11) is 1.55.